The summed E-state index contributed by atoms with van der Waals surface area (Å²) in [6.07, 6.45) is 0. The van der Waals surface area contributed by atoms with E-state index in [2.05, 4.69) is 0 Å². The van der Waals surface area contributed by atoms with Crippen LogP contribution in [0.1, 0.15) is 54.0 Å². The first-order valence-corrected chi connectivity index (χ1v) is 7.50. The summed E-state index contributed by atoms with van der Waals surface area (Å²) in [5.74, 6) is 0. The zero-order valence-corrected chi connectivity index (χ0v) is 14.4. The van der Waals surface area contributed by atoms with Crippen molar-refractivity contribution in [2.24, 2.45) is 0 Å². The van der Waals surface area contributed by atoms with Gasteiger partial charge in [-0.15, -0.1) is 0 Å². The molecule has 1 aromatic rings. The smallest absolute Gasteiger partial charge is 0.399 e. The monoisotopic (exact) mass is 305 g/mol. The molecule has 2 rings (SSSR count). The summed E-state index contributed by atoms with van der Waals surface area (Å²) in [6.45, 7) is 14.1. The third-order valence-corrected chi connectivity index (χ3v) is 4.56. The fourth-order valence-corrected chi connectivity index (χ4v) is 2.48. The second kappa shape index (κ2) is 5.06. The van der Waals surface area contributed by atoms with Crippen LogP contribution in [0.25, 0.3) is 0 Å². The summed E-state index contributed by atoms with van der Waals surface area (Å²) < 4.78 is 12.2. The highest BCUT2D eigenvalue weighted by atomic mass is 16.7. The number of nitrogens with zero attached hydrogens (tertiary/aromatic N) is 1. The van der Waals surface area contributed by atoms with Gasteiger partial charge in [-0.2, -0.15) is 0 Å². The van der Waals surface area contributed by atoms with E-state index in [4.69, 9.17) is 9.31 Å². The maximum atomic E-state index is 11.1. The normalized spacial score (nSPS) is 20.2. The van der Waals surface area contributed by atoms with Gasteiger partial charge >= 0.3 is 7.12 Å². The molecule has 0 aromatic heterocycles. The van der Waals surface area contributed by atoms with Gasteiger partial charge < -0.3 is 9.31 Å². The lowest BCUT2D eigenvalue weighted by Crippen LogP contribution is -2.41. The predicted molar refractivity (Wildman–Crippen MR) is 87.5 cm³/mol. The van der Waals surface area contributed by atoms with E-state index in [0.29, 0.717) is 0 Å². The SMILES string of the molecule is CC(C)(C)c1cc([N+](=O)[O-])ccc1B1OC(C)(C)C(C)(C)O1. The van der Waals surface area contributed by atoms with Gasteiger partial charge in [0.15, 0.2) is 0 Å². The molecule has 0 amide bonds. The van der Waals surface area contributed by atoms with E-state index in [-0.39, 0.29) is 16.0 Å². The lowest BCUT2D eigenvalue weighted by Gasteiger charge is -2.32. The Morgan fingerprint density at radius 3 is 2.00 bits per heavy atom. The second-order valence-corrected chi connectivity index (χ2v) is 7.87. The van der Waals surface area contributed by atoms with Gasteiger partial charge in [-0.1, -0.05) is 26.8 Å². The summed E-state index contributed by atoms with van der Waals surface area (Å²) in [5, 5.41) is 11.1. The highest BCUT2D eigenvalue weighted by Crippen LogP contribution is 2.37. The van der Waals surface area contributed by atoms with Gasteiger partial charge in [0.05, 0.1) is 16.1 Å². The zero-order valence-electron chi connectivity index (χ0n) is 14.4. The van der Waals surface area contributed by atoms with Crippen LogP contribution in [0.4, 0.5) is 5.69 Å². The Hall–Kier alpha value is -1.40. The van der Waals surface area contributed by atoms with Gasteiger partial charge in [-0.05, 0) is 44.1 Å². The second-order valence-electron chi connectivity index (χ2n) is 7.87. The number of hydrogen-bond donors (Lipinski definition) is 0. The maximum absolute atomic E-state index is 11.1. The van der Waals surface area contributed by atoms with E-state index < -0.39 is 18.3 Å². The Labute approximate surface area is 132 Å². The number of rotatable bonds is 2. The van der Waals surface area contributed by atoms with E-state index in [9.17, 15) is 10.1 Å². The Kier molecular flexibility index (Phi) is 3.91. The molecule has 1 saturated heterocycles. The van der Waals surface area contributed by atoms with Crippen LogP contribution in [0.5, 0.6) is 0 Å². The van der Waals surface area contributed by atoms with Crippen LogP contribution in [0.3, 0.4) is 0 Å². The largest absolute Gasteiger partial charge is 0.495 e. The quantitative estimate of drug-likeness (QED) is 0.478. The van der Waals surface area contributed by atoms with Gasteiger partial charge in [0.2, 0.25) is 0 Å². The number of nitro benzene ring substituents is 1. The predicted octanol–water partition coefficient (Wildman–Crippen LogP) is 3.19. The molecular weight excluding hydrogens is 281 g/mol. The molecule has 0 aliphatic carbocycles. The van der Waals surface area contributed by atoms with Crippen LogP contribution in [0, 0.1) is 10.1 Å². The standard InChI is InChI=1S/C16H24BNO4/c1-14(2,3)12-10-11(18(19)20)8-9-13(12)17-21-15(4,5)16(6,7)22-17/h8-10H,1-7H3. The van der Waals surface area contributed by atoms with Crippen molar-refractivity contribution in [1.29, 1.82) is 0 Å². The highest BCUT2D eigenvalue weighted by molar-refractivity contribution is 6.62. The molecule has 0 N–H and O–H groups in total. The van der Waals surface area contributed by atoms with Crippen LogP contribution in [0.2, 0.25) is 0 Å². The Balaban J connectivity index is 2.51. The van der Waals surface area contributed by atoms with Crippen molar-refractivity contribution in [2.75, 3.05) is 0 Å². The maximum Gasteiger partial charge on any atom is 0.495 e. The fraction of sp³-hybridized carbons (Fsp3) is 0.625. The summed E-state index contributed by atoms with van der Waals surface area (Å²) in [6, 6.07) is 4.89. The highest BCUT2D eigenvalue weighted by Gasteiger charge is 2.52. The van der Waals surface area contributed by atoms with Crippen molar-refractivity contribution < 1.29 is 14.2 Å². The fourth-order valence-electron chi connectivity index (χ4n) is 2.48. The Morgan fingerprint density at radius 2 is 1.59 bits per heavy atom. The van der Waals surface area contributed by atoms with Crippen molar-refractivity contribution in [2.45, 2.75) is 65.1 Å². The van der Waals surface area contributed by atoms with Gasteiger partial charge in [-0.3, -0.25) is 10.1 Å². The van der Waals surface area contributed by atoms with Crippen LogP contribution in [-0.2, 0) is 14.7 Å². The molecule has 1 aliphatic rings. The van der Waals surface area contributed by atoms with Crippen molar-refractivity contribution in [3.8, 4) is 0 Å². The van der Waals surface area contributed by atoms with E-state index in [1.165, 1.54) is 6.07 Å². The first kappa shape index (κ1) is 17.0. The minimum atomic E-state index is -0.514. The molecule has 22 heavy (non-hydrogen) atoms. The zero-order chi connectivity index (χ0) is 16.9. The summed E-state index contributed by atoms with van der Waals surface area (Å²) in [5.41, 5.74) is 0.705. The molecule has 0 atom stereocenters. The van der Waals surface area contributed by atoms with Gasteiger partial charge in [-0.25, -0.2) is 0 Å². The van der Waals surface area contributed by atoms with Crippen molar-refractivity contribution in [3.05, 3.63) is 33.9 Å². The molecule has 1 aliphatic heterocycles. The van der Waals surface area contributed by atoms with Crippen molar-refractivity contribution >= 4 is 18.3 Å². The molecule has 1 heterocycles. The summed E-state index contributed by atoms with van der Waals surface area (Å²) in [4.78, 5) is 10.7. The number of hydrogen-bond acceptors (Lipinski definition) is 4. The van der Waals surface area contributed by atoms with Crippen LogP contribution in [0.15, 0.2) is 18.2 Å². The summed E-state index contributed by atoms with van der Waals surface area (Å²) >= 11 is 0. The summed E-state index contributed by atoms with van der Waals surface area (Å²) in [7, 11) is -0.514. The van der Waals surface area contributed by atoms with Gasteiger partial charge in [0, 0.05) is 12.1 Å². The van der Waals surface area contributed by atoms with Crippen molar-refractivity contribution in [3.63, 3.8) is 0 Å². The minimum Gasteiger partial charge on any atom is -0.399 e. The molecule has 1 aromatic carbocycles. The molecule has 0 radical (unpaired) electrons. The van der Waals surface area contributed by atoms with E-state index in [1.807, 2.05) is 48.5 Å². The molecule has 5 nitrogen and oxygen atoms in total. The molecule has 1 fully saturated rings. The third-order valence-electron chi connectivity index (χ3n) is 4.56. The Morgan fingerprint density at radius 1 is 1.09 bits per heavy atom. The van der Waals surface area contributed by atoms with E-state index in [1.54, 1.807) is 12.1 Å². The topological polar surface area (TPSA) is 61.6 Å². The molecular formula is C16H24BNO4. The van der Waals surface area contributed by atoms with E-state index >= 15 is 0 Å². The molecule has 0 bridgehead atoms. The molecule has 120 valence electrons. The van der Waals surface area contributed by atoms with Gasteiger partial charge in [0.1, 0.15) is 0 Å². The minimum absolute atomic E-state index is 0.0881. The third kappa shape index (κ3) is 2.90. The van der Waals surface area contributed by atoms with Crippen LogP contribution < -0.4 is 5.46 Å². The lowest BCUT2D eigenvalue weighted by molar-refractivity contribution is -0.384. The number of nitro groups is 1. The lowest BCUT2D eigenvalue weighted by atomic mass is 9.69. The van der Waals surface area contributed by atoms with E-state index in [0.717, 1.165) is 11.0 Å². The average Bonchev–Trinajstić information content (AvgIpc) is 2.56. The number of non-ortho nitro benzene ring substituents is 1. The Bertz CT molecular complexity index is 589. The average molecular weight is 305 g/mol. The first-order valence-electron chi connectivity index (χ1n) is 7.50. The number of benzene rings is 1. The molecule has 0 saturated carbocycles. The first-order chi connectivity index (χ1) is 9.85. The van der Waals surface area contributed by atoms with Crippen molar-refractivity contribution in [1.82, 2.24) is 0 Å². The molecule has 0 spiro atoms. The van der Waals surface area contributed by atoms with Gasteiger partial charge in [0.25, 0.3) is 5.69 Å². The van der Waals surface area contributed by atoms with Crippen LogP contribution in [-0.4, -0.2) is 23.2 Å². The van der Waals surface area contributed by atoms with Crippen LogP contribution >= 0.6 is 0 Å². The molecule has 0 unspecified atom stereocenters. The molecule has 6 heteroatoms.